The number of carbonyl (C=O) groups is 2. The minimum absolute atomic E-state index is 0.00901. The topological polar surface area (TPSA) is 139 Å². The number of aromatic nitrogens is 1. The number of rotatable bonds is 9. The highest BCUT2D eigenvalue weighted by atomic mass is 32.2. The molecule has 1 fully saturated rings. The first-order valence-electron chi connectivity index (χ1n) is 13.3. The summed E-state index contributed by atoms with van der Waals surface area (Å²) in [6, 6.07) is 4.89. The first-order valence-corrected chi connectivity index (χ1v) is 15.6. The molecule has 39 heavy (non-hydrogen) atoms. The smallest absolute Gasteiger partial charge is 0.407 e. The van der Waals surface area contributed by atoms with E-state index in [-0.39, 0.29) is 34.9 Å². The van der Waals surface area contributed by atoms with Gasteiger partial charge in [0.1, 0.15) is 5.01 Å². The lowest BCUT2D eigenvalue weighted by Gasteiger charge is -2.29. The van der Waals surface area contributed by atoms with Crippen LogP contribution < -0.4 is 20.7 Å². The molecule has 0 aliphatic carbocycles. The number of thiazole rings is 1. The number of anilines is 1. The predicted octanol–water partition coefficient (Wildman–Crippen LogP) is 4.80. The summed E-state index contributed by atoms with van der Waals surface area (Å²) in [6.07, 6.45) is 2.95. The molecule has 2 heterocycles. The third-order valence-corrected chi connectivity index (χ3v) is 8.70. The Kier molecular flexibility index (Phi) is 10.1. The van der Waals surface area contributed by atoms with Crippen LogP contribution in [0.5, 0.6) is 0 Å². The molecule has 1 aliphatic rings. The average Bonchev–Trinajstić information content (AvgIpc) is 3.27. The van der Waals surface area contributed by atoms with Gasteiger partial charge in [-0.3, -0.25) is 4.79 Å². The van der Waals surface area contributed by atoms with Gasteiger partial charge in [0.05, 0.1) is 21.9 Å². The highest BCUT2D eigenvalue weighted by Crippen LogP contribution is 2.37. The third kappa shape index (κ3) is 9.26. The van der Waals surface area contributed by atoms with Crippen molar-refractivity contribution in [1.29, 1.82) is 0 Å². The van der Waals surface area contributed by atoms with Crippen LogP contribution in [0.1, 0.15) is 78.8 Å². The monoisotopic (exact) mass is 579 g/mol. The number of nitrogens with one attached hydrogen (secondary N) is 4. The molecular formula is C27H41N5O5S2. The van der Waals surface area contributed by atoms with Gasteiger partial charge in [-0.1, -0.05) is 19.9 Å². The van der Waals surface area contributed by atoms with Gasteiger partial charge < -0.3 is 20.7 Å². The lowest BCUT2D eigenvalue weighted by molar-refractivity contribution is -0.116. The lowest BCUT2D eigenvalue weighted by atomic mass is 10.0. The van der Waals surface area contributed by atoms with Crippen LogP contribution in [0.3, 0.4) is 0 Å². The first-order chi connectivity index (χ1) is 18.1. The molecule has 2 amide bonds. The van der Waals surface area contributed by atoms with Crippen LogP contribution in [0.15, 0.2) is 29.3 Å². The fraction of sp³-hybridized carbons (Fsp3) is 0.593. The maximum absolute atomic E-state index is 13.5. The van der Waals surface area contributed by atoms with Crippen LogP contribution in [0.4, 0.5) is 10.5 Å². The number of alkyl carbamates (subject to hydrolysis) is 1. The summed E-state index contributed by atoms with van der Waals surface area (Å²) in [6.45, 7) is 13.4. The molecule has 1 aromatic carbocycles. The Morgan fingerprint density at radius 3 is 2.49 bits per heavy atom. The molecule has 1 unspecified atom stereocenters. The quantitative estimate of drug-likeness (QED) is 0.335. The van der Waals surface area contributed by atoms with Gasteiger partial charge in [0.25, 0.3) is 0 Å². The molecule has 2 atom stereocenters. The molecule has 0 saturated carbocycles. The van der Waals surface area contributed by atoms with E-state index in [1.54, 1.807) is 52.9 Å². The van der Waals surface area contributed by atoms with Gasteiger partial charge in [0.2, 0.25) is 15.9 Å². The van der Waals surface area contributed by atoms with Gasteiger partial charge in [-0.05, 0) is 65.5 Å². The first kappa shape index (κ1) is 31.0. The number of hydrogen-bond acceptors (Lipinski definition) is 8. The molecule has 12 heteroatoms. The fourth-order valence-electron chi connectivity index (χ4n) is 4.25. The second-order valence-corrected chi connectivity index (χ2v) is 14.3. The van der Waals surface area contributed by atoms with Crippen LogP contribution in [0.2, 0.25) is 0 Å². The Bertz CT molecular complexity index is 1260. The van der Waals surface area contributed by atoms with Crippen molar-refractivity contribution in [3.05, 3.63) is 29.4 Å². The Hall–Kier alpha value is -2.54. The van der Waals surface area contributed by atoms with Crippen LogP contribution in [-0.4, -0.2) is 49.6 Å². The van der Waals surface area contributed by atoms with E-state index in [0.29, 0.717) is 29.1 Å². The number of carbonyl (C=O) groups excluding carboxylic acids is 2. The van der Waals surface area contributed by atoms with E-state index >= 15 is 0 Å². The Labute approximate surface area is 235 Å². The number of ether oxygens (including phenoxy) is 1. The van der Waals surface area contributed by atoms with E-state index in [9.17, 15) is 18.0 Å². The van der Waals surface area contributed by atoms with Crippen molar-refractivity contribution in [2.45, 2.75) is 96.4 Å². The number of hydrogen-bond donors (Lipinski definition) is 4. The molecule has 0 bridgehead atoms. The van der Waals surface area contributed by atoms with Gasteiger partial charge in [-0.25, -0.2) is 22.9 Å². The van der Waals surface area contributed by atoms with Gasteiger partial charge in [-0.15, -0.1) is 11.3 Å². The molecule has 1 aromatic heterocycles. The molecule has 0 radical (unpaired) electrons. The second-order valence-electron chi connectivity index (χ2n) is 11.6. The number of piperidine rings is 1. The highest BCUT2D eigenvalue weighted by molar-refractivity contribution is 7.89. The summed E-state index contributed by atoms with van der Waals surface area (Å²) >= 11 is 1.43. The largest absolute Gasteiger partial charge is 0.447 e. The summed E-state index contributed by atoms with van der Waals surface area (Å²) in [5.41, 5.74) is 0.250. The van der Waals surface area contributed by atoms with Gasteiger partial charge >= 0.3 is 6.09 Å². The van der Waals surface area contributed by atoms with Gasteiger partial charge in [-0.2, -0.15) is 0 Å². The van der Waals surface area contributed by atoms with Crippen molar-refractivity contribution in [1.82, 2.24) is 20.3 Å². The zero-order valence-corrected chi connectivity index (χ0v) is 25.4. The minimum atomic E-state index is -3.91. The van der Waals surface area contributed by atoms with Crippen molar-refractivity contribution in [3.8, 4) is 10.4 Å². The van der Waals surface area contributed by atoms with Crippen LogP contribution in [0, 0.1) is 5.92 Å². The molecule has 4 N–H and O–H groups in total. The molecule has 2 aromatic rings. The summed E-state index contributed by atoms with van der Waals surface area (Å²) < 4.78 is 34.8. The standard InChI is InChI=1S/C27H41N5O5S2/c1-16(2)12-24(33)30-18-8-10-20(23(13-18)39(35,36)32-27(5,6)7)22-15-29-25(38-22)21-11-9-19(14-28-21)31-26(34)37-17(3)4/h8,10,13,15-17,19,21,28,32H,9,11-12,14H2,1-7H3,(H,30,33)(H,31,34)/t19-,21?/m1/s1. The van der Waals surface area contributed by atoms with E-state index < -0.39 is 21.7 Å². The molecule has 1 saturated heterocycles. The molecule has 10 nitrogen and oxygen atoms in total. The van der Waals surface area contributed by atoms with E-state index in [1.165, 1.54) is 17.4 Å². The number of amides is 2. The second kappa shape index (κ2) is 12.8. The lowest BCUT2D eigenvalue weighted by Crippen LogP contribution is -2.47. The van der Waals surface area contributed by atoms with Crippen molar-refractivity contribution in [2.24, 2.45) is 5.92 Å². The average molecular weight is 580 g/mol. The normalized spacial score (nSPS) is 18.3. The molecule has 3 rings (SSSR count). The maximum Gasteiger partial charge on any atom is 0.407 e. The molecule has 1 aliphatic heterocycles. The summed E-state index contributed by atoms with van der Waals surface area (Å²) in [5.74, 6) is 0.0116. The number of nitrogens with zero attached hydrogens (tertiary/aromatic N) is 1. The SMILES string of the molecule is CC(C)CC(=O)Nc1ccc(-c2cnc(C3CC[C@@H](NC(=O)OC(C)C)CN3)s2)c(S(=O)(=O)NC(C)(C)C)c1. The molecular weight excluding hydrogens is 538 g/mol. The summed E-state index contributed by atoms with van der Waals surface area (Å²) in [4.78, 5) is 29.7. The van der Waals surface area contributed by atoms with E-state index in [2.05, 4.69) is 25.7 Å². The third-order valence-electron chi connectivity index (χ3n) is 5.76. The van der Waals surface area contributed by atoms with E-state index in [0.717, 1.165) is 17.8 Å². The summed E-state index contributed by atoms with van der Waals surface area (Å²) in [5, 5.41) is 9.97. The van der Waals surface area contributed by atoms with Crippen molar-refractivity contribution < 1.29 is 22.7 Å². The van der Waals surface area contributed by atoms with Gasteiger partial charge in [0.15, 0.2) is 0 Å². The van der Waals surface area contributed by atoms with Crippen molar-refractivity contribution in [2.75, 3.05) is 11.9 Å². The molecule has 216 valence electrons. The van der Waals surface area contributed by atoms with Crippen molar-refractivity contribution >= 4 is 39.0 Å². The minimum Gasteiger partial charge on any atom is -0.447 e. The maximum atomic E-state index is 13.5. The van der Waals surface area contributed by atoms with Gasteiger partial charge in [0, 0.05) is 42.0 Å². The zero-order valence-electron chi connectivity index (χ0n) is 23.8. The highest BCUT2D eigenvalue weighted by Gasteiger charge is 2.29. The zero-order chi connectivity index (χ0) is 29.0. The van der Waals surface area contributed by atoms with Crippen molar-refractivity contribution in [3.63, 3.8) is 0 Å². The van der Waals surface area contributed by atoms with Crippen LogP contribution in [0.25, 0.3) is 10.4 Å². The predicted molar refractivity (Wildman–Crippen MR) is 154 cm³/mol. The Balaban J connectivity index is 1.82. The fourth-order valence-corrected chi connectivity index (χ4v) is 7.04. The van der Waals surface area contributed by atoms with Crippen LogP contribution >= 0.6 is 11.3 Å². The number of sulfonamides is 1. The van der Waals surface area contributed by atoms with E-state index in [4.69, 9.17) is 4.74 Å². The Morgan fingerprint density at radius 2 is 1.90 bits per heavy atom. The number of benzene rings is 1. The van der Waals surface area contributed by atoms with E-state index in [1.807, 2.05) is 13.8 Å². The molecule has 0 spiro atoms. The van der Waals surface area contributed by atoms with Crippen LogP contribution in [-0.2, 0) is 19.6 Å². The Morgan fingerprint density at radius 1 is 1.18 bits per heavy atom. The summed E-state index contributed by atoms with van der Waals surface area (Å²) in [7, 11) is -3.91.